The first-order chi connectivity index (χ1) is 13.4. The fraction of sp³-hybridized carbons (Fsp3) is 0.435. The van der Waals surface area contributed by atoms with Crippen LogP contribution in [-0.4, -0.2) is 30.3 Å². The number of nitrogens with one attached hydrogen (secondary N) is 2. The maximum Gasteiger partial charge on any atom is 0.228 e. The number of methoxy groups -OCH3 is 1. The summed E-state index contributed by atoms with van der Waals surface area (Å²) in [6.07, 6.45) is 2.15. The van der Waals surface area contributed by atoms with Gasteiger partial charge in [-0.25, -0.2) is 0 Å². The van der Waals surface area contributed by atoms with Gasteiger partial charge in [-0.1, -0.05) is 32.0 Å². The minimum absolute atomic E-state index is 0.0605. The monoisotopic (exact) mass is 380 g/mol. The molecule has 148 valence electrons. The Hall–Kier alpha value is -2.37. The number of aliphatic hydroxyl groups is 1. The summed E-state index contributed by atoms with van der Waals surface area (Å²) in [5.41, 5.74) is 3.63. The van der Waals surface area contributed by atoms with Crippen molar-refractivity contribution in [3.05, 3.63) is 59.2 Å². The molecule has 5 heteroatoms. The van der Waals surface area contributed by atoms with Crippen LogP contribution in [0.15, 0.2) is 42.5 Å². The van der Waals surface area contributed by atoms with Crippen molar-refractivity contribution >= 4 is 11.6 Å². The lowest BCUT2D eigenvalue weighted by atomic mass is 9.84. The Bertz CT molecular complexity index is 872. The van der Waals surface area contributed by atoms with Gasteiger partial charge >= 0.3 is 0 Å². The topological polar surface area (TPSA) is 70.6 Å². The van der Waals surface area contributed by atoms with E-state index < -0.39 is 6.10 Å². The highest BCUT2D eigenvalue weighted by molar-refractivity contribution is 5.92. The predicted molar refractivity (Wildman–Crippen MR) is 110 cm³/mol. The molecule has 5 nitrogen and oxygen atoms in total. The van der Waals surface area contributed by atoms with Crippen molar-refractivity contribution in [2.45, 2.75) is 56.7 Å². The average molecular weight is 380 g/mol. The summed E-state index contributed by atoms with van der Waals surface area (Å²) in [4.78, 5) is 12.5. The number of fused-ring (bicyclic) bond motifs is 1. The van der Waals surface area contributed by atoms with Crippen molar-refractivity contribution < 1.29 is 14.6 Å². The molecule has 0 spiro atoms. The third-order valence-corrected chi connectivity index (χ3v) is 5.94. The highest BCUT2D eigenvalue weighted by Gasteiger charge is 2.46. The summed E-state index contributed by atoms with van der Waals surface area (Å²) >= 11 is 0. The Morgan fingerprint density at radius 1 is 1.18 bits per heavy atom. The Morgan fingerprint density at radius 3 is 2.54 bits per heavy atom. The molecule has 1 amide bonds. The molecule has 2 aromatic carbocycles. The van der Waals surface area contributed by atoms with Gasteiger partial charge in [0.2, 0.25) is 5.91 Å². The lowest BCUT2D eigenvalue weighted by Crippen LogP contribution is -2.38. The molecule has 1 fully saturated rings. The lowest BCUT2D eigenvalue weighted by molar-refractivity contribution is -0.115. The number of ether oxygens (including phenoxy) is 1. The maximum absolute atomic E-state index is 12.5. The zero-order valence-electron chi connectivity index (χ0n) is 16.7. The standard InChI is InChI=1S/C23H28N2O3/c1-23(2)19-11-8-16(13-18(19)21(22(23)27)25-15-6-7-15)24-20(26)12-14-4-9-17(28-3)10-5-14/h4-5,8-11,13,15,21-22,25,27H,6-7,12H2,1-3H3,(H,24,26)/t21-,22-/m1/s1. The highest BCUT2D eigenvalue weighted by atomic mass is 16.5. The van der Waals surface area contributed by atoms with Crippen LogP contribution in [0.25, 0.3) is 0 Å². The van der Waals surface area contributed by atoms with E-state index in [2.05, 4.69) is 24.5 Å². The highest BCUT2D eigenvalue weighted by Crippen LogP contribution is 2.46. The zero-order chi connectivity index (χ0) is 19.9. The molecule has 0 aliphatic heterocycles. The molecule has 0 saturated heterocycles. The number of amides is 1. The van der Waals surface area contributed by atoms with Gasteiger partial charge in [-0.2, -0.15) is 0 Å². The number of carbonyl (C=O) groups is 1. The smallest absolute Gasteiger partial charge is 0.228 e. The number of hydrogen-bond acceptors (Lipinski definition) is 4. The Labute approximate surface area is 166 Å². The van der Waals surface area contributed by atoms with Gasteiger partial charge in [-0.15, -0.1) is 0 Å². The quantitative estimate of drug-likeness (QED) is 0.719. The van der Waals surface area contributed by atoms with Crippen molar-refractivity contribution in [2.24, 2.45) is 0 Å². The van der Waals surface area contributed by atoms with E-state index in [1.807, 2.05) is 42.5 Å². The fourth-order valence-electron chi connectivity index (χ4n) is 4.05. The van der Waals surface area contributed by atoms with E-state index in [9.17, 15) is 9.90 Å². The third-order valence-electron chi connectivity index (χ3n) is 5.94. The molecule has 2 atom stereocenters. The predicted octanol–water partition coefficient (Wildman–Crippen LogP) is 3.32. The van der Waals surface area contributed by atoms with Crippen LogP contribution in [0.5, 0.6) is 5.75 Å². The van der Waals surface area contributed by atoms with E-state index in [1.54, 1.807) is 7.11 Å². The second-order valence-electron chi connectivity index (χ2n) is 8.46. The summed E-state index contributed by atoms with van der Waals surface area (Å²) < 4.78 is 5.15. The largest absolute Gasteiger partial charge is 0.497 e. The van der Waals surface area contributed by atoms with Gasteiger partial charge in [-0.05, 0) is 53.8 Å². The van der Waals surface area contributed by atoms with Gasteiger partial charge in [0.05, 0.1) is 25.7 Å². The van der Waals surface area contributed by atoms with Crippen LogP contribution in [0.4, 0.5) is 5.69 Å². The summed E-state index contributed by atoms with van der Waals surface area (Å²) in [5.74, 6) is 0.716. The normalized spacial score (nSPS) is 22.6. The second kappa shape index (κ2) is 7.22. The van der Waals surface area contributed by atoms with Crippen LogP contribution in [0.2, 0.25) is 0 Å². The molecule has 0 radical (unpaired) electrons. The van der Waals surface area contributed by atoms with Crippen molar-refractivity contribution in [1.82, 2.24) is 5.32 Å². The van der Waals surface area contributed by atoms with Crippen LogP contribution in [0.3, 0.4) is 0 Å². The number of rotatable bonds is 6. The first-order valence-corrected chi connectivity index (χ1v) is 9.90. The van der Waals surface area contributed by atoms with E-state index in [-0.39, 0.29) is 17.4 Å². The molecule has 0 heterocycles. The van der Waals surface area contributed by atoms with Gasteiger partial charge in [0.15, 0.2) is 0 Å². The molecule has 2 aliphatic carbocycles. The molecule has 28 heavy (non-hydrogen) atoms. The van der Waals surface area contributed by atoms with Gasteiger partial charge in [0.1, 0.15) is 5.75 Å². The van der Waals surface area contributed by atoms with Gasteiger partial charge in [0, 0.05) is 17.1 Å². The summed E-state index contributed by atoms with van der Waals surface area (Å²) in [6.45, 7) is 4.15. The molecule has 0 aromatic heterocycles. The Kier molecular flexibility index (Phi) is 4.89. The van der Waals surface area contributed by atoms with E-state index >= 15 is 0 Å². The SMILES string of the molecule is COc1ccc(CC(=O)Nc2ccc3c(c2)[C@@H](NC2CC2)[C@@H](O)C3(C)C)cc1. The summed E-state index contributed by atoms with van der Waals surface area (Å²) in [6, 6.07) is 13.9. The molecular formula is C23H28N2O3. The lowest BCUT2D eigenvalue weighted by Gasteiger charge is -2.27. The van der Waals surface area contributed by atoms with Crippen LogP contribution in [-0.2, 0) is 16.6 Å². The zero-order valence-corrected chi connectivity index (χ0v) is 16.7. The molecule has 2 aliphatic rings. The van der Waals surface area contributed by atoms with E-state index in [1.165, 1.54) is 0 Å². The minimum atomic E-state index is -0.478. The maximum atomic E-state index is 12.5. The van der Waals surface area contributed by atoms with Gasteiger partial charge < -0.3 is 20.5 Å². The first kappa shape index (κ1) is 19.0. The van der Waals surface area contributed by atoms with E-state index in [0.29, 0.717) is 12.5 Å². The Morgan fingerprint density at radius 2 is 1.89 bits per heavy atom. The first-order valence-electron chi connectivity index (χ1n) is 9.90. The minimum Gasteiger partial charge on any atom is -0.497 e. The van der Waals surface area contributed by atoms with Crippen LogP contribution in [0.1, 0.15) is 49.4 Å². The number of hydrogen-bond donors (Lipinski definition) is 3. The molecule has 0 bridgehead atoms. The van der Waals surface area contributed by atoms with E-state index in [4.69, 9.17) is 4.74 Å². The summed E-state index contributed by atoms with van der Waals surface area (Å²) in [7, 11) is 1.62. The molecule has 3 N–H and O–H groups in total. The second-order valence-corrected chi connectivity index (χ2v) is 8.46. The van der Waals surface area contributed by atoms with Crippen molar-refractivity contribution in [3.8, 4) is 5.75 Å². The number of anilines is 1. The van der Waals surface area contributed by atoms with Crippen molar-refractivity contribution in [3.63, 3.8) is 0 Å². The summed E-state index contributed by atoms with van der Waals surface area (Å²) in [5, 5.41) is 17.4. The van der Waals surface area contributed by atoms with Crippen molar-refractivity contribution in [1.29, 1.82) is 0 Å². The molecular weight excluding hydrogens is 352 g/mol. The molecule has 2 aromatic rings. The molecule has 4 rings (SSSR count). The number of aliphatic hydroxyl groups excluding tert-OH is 1. The van der Waals surface area contributed by atoms with Crippen LogP contribution < -0.4 is 15.4 Å². The Balaban J connectivity index is 1.50. The fourth-order valence-corrected chi connectivity index (χ4v) is 4.05. The molecule has 1 saturated carbocycles. The van der Waals surface area contributed by atoms with Crippen LogP contribution in [0, 0.1) is 0 Å². The number of benzene rings is 2. The van der Waals surface area contributed by atoms with Gasteiger partial charge in [-0.3, -0.25) is 4.79 Å². The van der Waals surface area contributed by atoms with Crippen molar-refractivity contribution in [2.75, 3.05) is 12.4 Å². The molecule has 0 unspecified atom stereocenters. The number of carbonyl (C=O) groups excluding carboxylic acids is 1. The van der Waals surface area contributed by atoms with Crippen LogP contribution >= 0.6 is 0 Å². The average Bonchev–Trinajstić information content (AvgIpc) is 3.47. The third kappa shape index (κ3) is 3.64. The van der Waals surface area contributed by atoms with E-state index in [0.717, 1.165) is 41.0 Å². The van der Waals surface area contributed by atoms with Gasteiger partial charge in [0.25, 0.3) is 0 Å².